The fourth-order valence-electron chi connectivity index (χ4n) is 6.68. The summed E-state index contributed by atoms with van der Waals surface area (Å²) in [6.45, 7) is 17.2. The van der Waals surface area contributed by atoms with Crippen LogP contribution in [-0.2, 0) is 4.74 Å². The lowest BCUT2D eigenvalue weighted by atomic mass is 9.95. The molecule has 0 aliphatic carbocycles. The fourth-order valence-corrected chi connectivity index (χ4v) is 6.93. The van der Waals surface area contributed by atoms with Crippen molar-refractivity contribution in [2.75, 3.05) is 70.8 Å². The Morgan fingerprint density at radius 2 is 1.57 bits per heavy atom. The summed E-state index contributed by atoms with van der Waals surface area (Å²) in [5, 5.41) is 29.2. The van der Waals surface area contributed by atoms with Crippen LogP contribution in [0.2, 0.25) is 0 Å². The summed E-state index contributed by atoms with van der Waals surface area (Å²) in [4.78, 5) is 70.8. The van der Waals surface area contributed by atoms with Crippen LogP contribution in [0, 0.1) is 27.2 Å². The number of non-ortho nitro benzene ring substituents is 2. The molecule has 6 rings (SSSR count). The SMILES string of the molecule is CCN(CC)CC.CCNCCNC.COC(=O)c1c(C)[nH]c2c(OC(=O)Oc3ccc([N+](=O)[O-])cc3)cc3c(c12)[C@H](CCl)CN3C(=O)c1cc2cc([N+](=O)[O-])ccc2[nH]1. The van der Waals surface area contributed by atoms with E-state index in [0.717, 1.165) is 31.8 Å². The number of esters is 1. The number of amides is 1. The van der Waals surface area contributed by atoms with E-state index in [1.54, 1.807) is 6.92 Å². The van der Waals surface area contributed by atoms with E-state index in [1.165, 1.54) is 74.1 Å². The second-order valence-electron chi connectivity index (χ2n) is 13.4. The van der Waals surface area contributed by atoms with Gasteiger partial charge in [-0.3, -0.25) is 25.0 Å². The molecule has 0 bridgehead atoms. The van der Waals surface area contributed by atoms with Gasteiger partial charge in [-0.1, -0.05) is 27.7 Å². The van der Waals surface area contributed by atoms with E-state index < -0.39 is 33.8 Å². The van der Waals surface area contributed by atoms with Gasteiger partial charge in [0.15, 0.2) is 5.75 Å². The van der Waals surface area contributed by atoms with Gasteiger partial charge in [-0.2, -0.15) is 0 Å². The molecule has 0 radical (unpaired) electrons. The predicted octanol–water partition coefficient (Wildman–Crippen LogP) is 7.28. The first-order valence-electron chi connectivity index (χ1n) is 19.4. The third-order valence-corrected chi connectivity index (χ3v) is 10.2. The number of aryl methyl sites for hydroxylation is 1. The standard InChI is InChI=1S/C30H22ClN5O10.C6H15N.C5H14N2/c1-14-24(29(38)44-2)26-25-16(12-31)13-34(28(37)21-10-15-9-18(36(42)43)5-8-20(15)33-21)22(25)11-23(27(26)32-14)46-30(39)45-19-6-3-17(4-7-19)35(40)41;1-4-7(5-2)6-3;1-3-7-5-4-6-2/h3-11,16,32-33H,12-13H2,1-2H3;4-6H2,1-3H3;6-7H,3-5H2,1-2H3/t16-;;/m1../s1. The van der Waals surface area contributed by atoms with Crippen LogP contribution in [-0.4, -0.2) is 109 Å². The average Bonchev–Trinajstić information content (AvgIpc) is 3.94. The Bertz CT molecular complexity index is 2300. The quantitative estimate of drug-likeness (QED) is 0.0215. The van der Waals surface area contributed by atoms with Crippen LogP contribution in [0.3, 0.4) is 0 Å². The summed E-state index contributed by atoms with van der Waals surface area (Å²) in [5.74, 6) is -1.67. The van der Waals surface area contributed by atoms with Gasteiger partial charge in [0.2, 0.25) is 0 Å². The maximum atomic E-state index is 14.0. The number of alkyl halides is 1. The van der Waals surface area contributed by atoms with E-state index >= 15 is 0 Å². The molecule has 322 valence electrons. The normalized spacial score (nSPS) is 12.9. The number of carbonyl (C=O) groups excluding carboxylic acids is 3. The third kappa shape index (κ3) is 10.9. The van der Waals surface area contributed by atoms with E-state index in [-0.39, 0.29) is 52.1 Å². The second kappa shape index (κ2) is 21.8. The minimum absolute atomic E-state index is 0.0241. The summed E-state index contributed by atoms with van der Waals surface area (Å²) >= 11 is 6.40. The van der Waals surface area contributed by atoms with Gasteiger partial charge >= 0.3 is 12.1 Å². The number of nitro groups is 2. The molecule has 2 aromatic heterocycles. The molecule has 3 heterocycles. The zero-order valence-electron chi connectivity index (χ0n) is 34.7. The molecule has 60 heavy (non-hydrogen) atoms. The third-order valence-electron chi connectivity index (χ3n) is 9.80. The first-order chi connectivity index (χ1) is 28.8. The van der Waals surface area contributed by atoms with Crippen molar-refractivity contribution >= 4 is 68.5 Å². The number of carbonyl (C=O) groups is 3. The van der Waals surface area contributed by atoms with Gasteiger partial charge in [0.25, 0.3) is 17.3 Å². The molecule has 4 N–H and O–H groups in total. The molecule has 1 atom stereocenters. The Labute approximate surface area is 351 Å². The molecule has 0 fully saturated rings. The highest BCUT2D eigenvalue weighted by molar-refractivity contribution is 6.20. The van der Waals surface area contributed by atoms with Crippen LogP contribution in [0.15, 0.2) is 54.6 Å². The van der Waals surface area contributed by atoms with Crippen LogP contribution in [0.4, 0.5) is 21.9 Å². The number of benzene rings is 3. The van der Waals surface area contributed by atoms with Gasteiger partial charge in [-0.15, -0.1) is 11.6 Å². The lowest BCUT2D eigenvalue weighted by Gasteiger charge is -2.18. The number of nitrogens with zero attached hydrogens (tertiary/aromatic N) is 4. The van der Waals surface area contributed by atoms with Gasteiger partial charge in [0.05, 0.1) is 33.7 Å². The van der Waals surface area contributed by atoms with Crippen molar-refractivity contribution in [1.29, 1.82) is 0 Å². The van der Waals surface area contributed by atoms with Crippen molar-refractivity contribution in [2.45, 2.75) is 40.5 Å². The van der Waals surface area contributed by atoms with Gasteiger partial charge in [-0.25, -0.2) is 9.59 Å². The Kier molecular flexibility index (Phi) is 16.9. The van der Waals surface area contributed by atoms with Crippen molar-refractivity contribution in [3.63, 3.8) is 0 Å². The molecular weight excluding hydrogens is 800 g/mol. The molecule has 0 spiro atoms. The van der Waals surface area contributed by atoms with E-state index in [4.69, 9.17) is 25.8 Å². The molecule has 0 unspecified atom stereocenters. The summed E-state index contributed by atoms with van der Waals surface area (Å²) in [5.41, 5.74) is 1.96. The number of H-pyrrole nitrogens is 2. The number of aromatic nitrogens is 2. The van der Waals surface area contributed by atoms with Crippen LogP contribution in [0.5, 0.6) is 11.5 Å². The maximum Gasteiger partial charge on any atom is 0.519 e. The van der Waals surface area contributed by atoms with Crippen molar-refractivity contribution in [3.05, 3.63) is 97.3 Å². The number of fused-ring (bicyclic) bond motifs is 4. The number of likely N-dealkylation sites (N-methyl/N-ethyl adjacent to an activating group) is 2. The smallest absolute Gasteiger partial charge is 0.465 e. The van der Waals surface area contributed by atoms with Gasteiger partial charge in [-0.05, 0) is 70.0 Å². The Morgan fingerprint density at radius 3 is 2.12 bits per heavy atom. The fraction of sp³-hybridized carbons (Fsp3) is 0.390. The average molecular weight is 851 g/mol. The molecular formula is C41H51ClN8O10. The predicted molar refractivity (Wildman–Crippen MR) is 230 cm³/mol. The minimum atomic E-state index is -1.19. The number of methoxy groups -OCH3 is 1. The number of nitro benzene ring substituents is 2. The van der Waals surface area contributed by atoms with Crippen LogP contribution in [0.25, 0.3) is 21.8 Å². The van der Waals surface area contributed by atoms with Gasteiger partial charge in [0, 0.05) is 83.7 Å². The highest BCUT2D eigenvalue weighted by Gasteiger charge is 2.38. The number of nitrogens with one attached hydrogen (secondary N) is 4. The van der Waals surface area contributed by atoms with Crippen LogP contribution in [0.1, 0.15) is 65.7 Å². The zero-order valence-corrected chi connectivity index (χ0v) is 35.4. The Morgan fingerprint density at radius 1 is 0.917 bits per heavy atom. The number of hydrogen-bond donors (Lipinski definition) is 4. The largest absolute Gasteiger partial charge is 0.519 e. The summed E-state index contributed by atoms with van der Waals surface area (Å²) in [7, 11) is 3.18. The zero-order chi connectivity index (χ0) is 44.1. The van der Waals surface area contributed by atoms with Crippen molar-refractivity contribution in [2.24, 2.45) is 0 Å². The molecule has 5 aromatic rings. The summed E-state index contributed by atoms with van der Waals surface area (Å²) in [6.07, 6.45) is -1.19. The molecule has 1 amide bonds. The van der Waals surface area contributed by atoms with Crippen molar-refractivity contribution in [1.82, 2.24) is 25.5 Å². The number of anilines is 1. The topological polar surface area (TPSA) is 227 Å². The molecule has 0 saturated carbocycles. The highest BCUT2D eigenvalue weighted by atomic mass is 35.5. The molecule has 1 aliphatic heterocycles. The van der Waals surface area contributed by atoms with Gasteiger partial charge in [0.1, 0.15) is 11.4 Å². The van der Waals surface area contributed by atoms with E-state index in [0.29, 0.717) is 33.2 Å². The number of hydrogen-bond acceptors (Lipinski definition) is 13. The number of aromatic amines is 2. The lowest BCUT2D eigenvalue weighted by Crippen LogP contribution is -2.30. The van der Waals surface area contributed by atoms with E-state index in [2.05, 4.69) is 53.2 Å². The Hall–Kier alpha value is -6.08. The molecule has 19 heteroatoms. The van der Waals surface area contributed by atoms with Crippen LogP contribution >= 0.6 is 11.6 Å². The van der Waals surface area contributed by atoms with Crippen molar-refractivity contribution in [3.8, 4) is 11.5 Å². The Balaban J connectivity index is 0.000000488. The maximum absolute atomic E-state index is 14.0. The molecule has 18 nitrogen and oxygen atoms in total. The monoisotopic (exact) mass is 850 g/mol. The summed E-state index contributed by atoms with van der Waals surface area (Å²) < 4.78 is 15.8. The van der Waals surface area contributed by atoms with E-state index in [1.807, 2.05) is 7.05 Å². The first-order valence-corrected chi connectivity index (χ1v) is 19.9. The minimum Gasteiger partial charge on any atom is -0.465 e. The molecule has 3 aromatic carbocycles. The lowest BCUT2D eigenvalue weighted by molar-refractivity contribution is -0.385. The second-order valence-corrected chi connectivity index (χ2v) is 13.7. The molecule has 0 saturated heterocycles. The van der Waals surface area contributed by atoms with Gasteiger partial charge < -0.3 is 44.6 Å². The van der Waals surface area contributed by atoms with E-state index in [9.17, 15) is 34.6 Å². The summed E-state index contributed by atoms with van der Waals surface area (Å²) in [6, 6.07) is 11.9. The first kappa shape index (κ1) is 46.6. The van der Waals surface area contributed by atoms with Crippen molar-refractivity contribution < 1.29 is 38.4 Å². The highest BCUT2D eigenvalue weighted by Crippen LogP contribution is 2.48. The number of ether oxygens (including phenoxy) is 3. The van der Waals surface area contributed by atoms with Crippen LogP contribution < -0.4 is 25.0 Å². The molecule has 1 aliphatic rings. The number of halogens is 1. The number of rotatable bonds is 14.